The molecule has 2 aliphatic heterocycles. The fraction of sp³-hybridized carbons (Fsp3) is 0.409. The fourth-order valence-electron chi connectivity index (χ4n) is 4.07. The average Bonchev–Trinajstić information content (AvgIpc) is 3.22. The quantitative estimate of drug-likeness (QED) is 0.760. The van der Waals surface area contributed by atoms with Crippen LogP contribution in [0, 0.1) is 0 Å². The van der Waals surface area contributed by atoms with Gasteiger partial charge in [0.15, 0.2) is 11.5 Å². The molecule has 2 aromatic carbocycles. The molecule has 2 aliphatic rings. The molecule has 1 fully saturated rings. The maximum Gasteiger partial charge on any atom is 0.231 e. The van der Waals surface area contributed by atoms with Crippen LogP contribution >= 0.6 is 0 Å². The number of nitrogens with one attached hydrogen (secondary N) is 2. The average molecular weight is 398 g/mol. The van der Waals surface area contributed by atoms with Gasteiger partial charge in [-0.05, 0) is 42.5 Å². The molecular weight excluding hydrogens is 370 g/mol. The second kappa shape index (κ2) is 8.61. The number of anilines is 1. The monoisotopic (exact) mass is 398 g/mol. The van der Waals surface area contributed by atoms with Crippen molar-refractivity contribution in [2.45, 2.75) is 13.0 Å². The number of carbonyl (C=O) groups is 1. The number of ether oxygens (including phenoxy) is 3. The fourth-order valence-corrected chi connectivity index (χ4v) is 4.07. The third-order valence-electron chi connectivity index (χ3n) is 5.69. The van der Waals surface area contributed by atoms with E-state index in [9.17, 15) is 4.79 Å². The third kappa shape index (κ3) is 4.40. The Morgan fingerprint density at radius 1 is 1.14 bits per heavy atom. The molecule has 0 unspecified atom stereocenters. The van der Waals surface area contributed by atoms with E-state index >= 15 is 0 Å². The van der Waals surface area contributed by atoms with E-state index in [0.29, 0.717) is 6.54 Å². The van der Waals surface area contributed by atoms with Crippen LogP contribution in [0.15, 0.2) is 42.5 Å². The van der Waals surface area contributed by atoms with Crippen molar-refractivity contribution < 1.29 is 23.9 Å². The van der Waals surface area contributed by atoms with Crippen LogP contribution in [0.4, 0.5) is 5.69 Å². The number of nitrogens with zero attached hydrogens (tertiary/aromatic N) is 1. The van der Waals surface area contributed by atoms with Crippen molar-refractivity contribution in [2.75, 3.05) is 51.5 Å². The number of piperazine rings is 1. The van der Waals surface area contributed by atoms with E-state index in [1.165, 1.54) is 10.6 Å². The Hall–Kier alpha value is -2.93. The van der Waals surface area contributed by atoms with Crippen LogP contribution in [0.1, 0.15) is 18.5 Å². The first-order valence-corrected chi connectivity index (χ1v) is 10.0. The highest BCUT2D eigenvalue weighted by molar-refractivity contribution is 5.72. The van der Waals surface area contributed by atoms with E-state index < -0.39 is 0 Å². The Labute approximate surface area is 171 Å². The molecule has 7 nitrogen and oxygen atoms in total. The lowest BCUT2D eigenvalue weighted by atomic mass is 10.0. The van der Waals surface area contributed by atoms with Gasteiger partial charge in [-0.2, -0.15) is 0 Å². The van der Waals surface area contributed by atoms with E-state index in [1.807, 2.05) is 18.2 Å². The molecule has 7 heteroatoms. The van der Waals surface area contributed by atoms with Gasteiger partial charge in [0.1, 0.15) is 11.8 Å². The van der Waals surface area contributed by atoms with Gasteiger partial charge in [0.05, 0.1) is 39.8 Å². The standard InChI is InChI=1S/C22H27N3O4/c1-16(26)23-14-20(17-3-8-21-22(13-17)29-15-28-21)25-11-9-24(10-12-25)18-4-6-19(27-2)7-5-18/h3-8,13,20H,9-12,14-15H2,1-2H3,(H,23,26)/p+1/t20-/m1/s1. The molecule has 2 heterocycles. The second-order valence-corrected chi connectivity index (χ2v) is 7.45. The summed E-state index contributed by atoms with van der Waals surface area (Å²) in [6.07, 6.45) is 0. The lowest BCUT2D eigenvalue weighted by Gasteiger charge is -2.38. The summed E-state index contributed by atoms with van der Waals surface area (Å²) in [6, 6.07) is 14.5. The molecule has 2 aromatic rings. The number of hydrogen-bond acceptors (Lipinski definition) is 5. The number of hydrogen-bond donors (Lipinski definition) is 2. The largest absolute Gasteiger partial charge is 0.497 e. The maximum absolute atomic E-state index is 11.6. The smallest absolute Gasteiger partial charge is 0.231 e. The number of rotatable bonds is 6. The van der Waals surface area contributed by atoms with Crippen molar-refractivity contribution in [3.05, 3.63) is 48.0 Å². The zero-order valence-corrected chi connectivity index (χ0v) is 16.9. The molecule has 0 radical (unpaired) electrons. The van der Waals surface area contributed by atoms with Gasteiger partial charge in [-0.25, -0.2) is 0 Å². The van der Waals surface area contributed by atoms with Crippen molar-refractivity contribution >= 4 is 11.6 Å². The van der Waals surface area contributed by atoms with Crippen LogP contribution in [0.25, 0.3) is 0 Å². The van der Waals surface area contributed by atoms with Gasteiger partial charge in [-0.3, -0.25) is 4.79 Å². The number of amides is 1. The van der Waals surface area contributed by atoms with Gasteiger partial charge >= 0.3 is 0 Å². The molecule has 1 amide bonds. The Bertz CT molecular complexity index is 848. The van der Waals surface area contributed by atoms with E-state index in [2.05, 4.69) is 34.5 Å². The number of benzene rings is 2. The summed E-state index contributed by atoms with van der Waals surface area (Å²) < 4.78 is 16.3. The second-order valence-electron chi connectivity index (χ2n) is 7.45. The van der Waals surface area contributed by atoms with E-state index in [-0.39, 0.29) is 18.7 Å². The normalized spacial score (nSPS) is 17.1. The van der Waals surface area contributed by atoms with Crippen LogP contribution in [0.3, 0.4) is 0 Å². The Morgan fingerprint density at radius 3 is 2.55 bits per heavy atom. The summed E-state index contributed by atoms with van der Waals surface area (Å²) >= 11 is 0. The maximum atomic E-state index is 11.6. The van der Waals surface area contributed by atoms with Crippen molar-refractivity contribution in [1.82, 2.24) is 5.32 Å². The number of methoxy groups -OCH3 is 1. The summed E-state index contributed by atoms with van der Waals surface area (Å²) in [6.45, 7) is 6.34. The van der Waals surface area contributed by atoms with E-state index in [4.69, 9.17) is 14.2 Å². The highest BCUT2D eigenvalue weighted by Crippen LogP contribution is 2.33. The van der Waals surface area contributed by atoms with Gasteiger partial charge in [-0.1, -0.05) is 0 Å². The topological polar surface area (TPSA) is 64.5 Å². The van der Waals surface area contributed by atoms with Crippen LogP contribution in [-0.2, 0) is 4.79 Å². The van der Waals surface area contributed by atoms with Crippen molar-refractivity contribution in [3.8, 4) is 17.2 Å². The van der Waals surface area contributed by atoms with Crippen LogP contribution in [0.2, 0.25) is 0 Å². The highest BCUT2D eigenvalue weighted by Gasteiger charge is 2.30. The first kappa shape index (κ1) is 19.4. The molecule has 0 bridgehead atoms. The lowest BCUT2D eigenvalue weighted by Crippen LogP contribution is -3.15. The predicted octanol–water partition coefficient (Wildman–Crippen LogP) is 1.01. The SMILES string of the molecule is COc1ccc(N2CC[NH+]([C@H](CNC(C)=O)c3ccc4c(c3)OCO4)CC2)cc1. The minimum absolute atomic E-state index is 0.00740. The molecule has 4 rings (SSSR count). The van der Waals surface area contributed by atoms with Crippen LogP contribution in [-0.4, -0.2) is 52.5 Å². The molecule has 1 saturated heterocycles. The summed E-state index contributed by atoms with van der Waals surface area (Å²) in [5.41, 5.74) is 2.38. The Kier molecular flexibility index (Phi) is 5.76. The number of carbonyl (C=O) groups excluding carboxylic acids is 1. The van der Waals surface area contributed by atoms with Gasteiger partial charge in [0.2, 0.25) is 12.7 Å². The number of quaternary nitrogens is 1. The molecule has 29 heavy (non-hydrogen) atoms. The molecule has 0 aromatic heterocycles. The molecule has 0 aliphatic carbocycles. The Morgan fingerprint density at radius 2 is 1.86 bits per heavy atom. The van der Waals surface area contributed by atoms with E-state index in [0.717, 1.165) is 49.0 Å². The highest BCUT2D eigenvalue weighted by atomic mass is 16.7. The summed E-state index contributed by atoms with van der Waals surface area (Å²) in [5, 5.41) is 3.01. The van der Waals surface area contributed by atoms with Crippen LogP contribution in [0.5, 0.6) is 17.2 Å². The zero-order valence-electron chi connectivity index (χ0n) is 16.9. The van der Waals surface area contributed by atoms with Crippen molar-refractivity contribution in [1.29, 1.82) is 0 Å². The summed E-state index contributed by atoms with van der Waals surface area (Å²) in [7, 11) is 1.68. The number of fused-ring (bicyclic) bond motifs is 1. The molecule has 0 saturated carbocycles. The van der Waals surface area contributed by atoms with Gasteiger partial charge in [0, 0.05) is 18.2 Å². The minimum atomic E-state index is -0.00740. The zero-order chi connectivity index (χ0) is 20.2. The first-order chi connectivity index (χ1) is 14.1. The predicted molar refractivity (Wildman–Crippen MR) is 110 cm³/mol. The molecule has 154 valence electrons. The van der Waals surface area contributed by atoms with Gasteiger partial charge in [0.25, 0.3) is 0 Å². The lowest BCUT2D eigenvalue weighted by molar-refractivity contribution is -0.931. The van der Waals surface area contributed by atoms with Crippen molar-refractivity contribution in [3.63, 3.8) is 0 Å². The van der Waals surface area contributed by atoms with E-state index in [1.54, 1.807) is 14.0 Å². The molecular formula is C22H28N3O4+. The molecule has 1 atom stereocenters. The van der Waals surface area contributed by atoms with Gasteiger partial charge in [-0.15, -0.1) is 0 Å². The minimum Gasteiger partial charge on any atom is -0.497 e. The Balaban J connectivity index is 1.46. The first-order valence-electron chi connectivity index (χ1n) is 10.0. The summed E-state index contributed by atoms with van der Waals surface area (Å²) in [5.74, 6) is 2.43. The molecule has 2 N–H and O–H groups in total. The summed E-state index contributed by atoms with van der Waals surface area (Å²) in [4.78, 5) is 15.4. The molecule has 0 spiro atoms. The van der Waals surface area contributed by atoms with Crippen molar-refractivity contribution in [2.24, 2.45) is 0 Å². The third-order valence-corrected chi connectivity index (χ3v) is 5.69. The van der Waals surface area contributed by atoms with Crippen LogP contribution < -0.4 is 29.3 Å². The van der Waals surface area contributed by atoms with Gasteiger partial charge < -0.3 is 29.3 Å².